The number of Topliss-reactive ketones (excluding diaryl/α,β-unsaturated/α-hetero) is 1. The Hall–Kier alpha value is -0.370. The van der Waals surface area contributed by atoms with Gasteiger partial charge in [0.25, 0.3) is 0 Å². The molecule has 0 radical (unpaired) electrons. The van der Waals surface area contributed by atoms with E-state index in [4.69, 9.17) is 5.11 Å². The number of carbonyl (C=O) groups is 1. The molecule has 0 fully saturated rings. The van der Waals surface area contributed by atoms with Crippen molar-refractivity contribution in [1.82, 2.24) is 0 Å². The molecule has 0 aliphatic carbocycles. The lowest BCUT2D eigenvalue weighted by molar-refractivity contribution is -0.119. The lowest BCUT2D eigenvalue weighted by atomic mass is 10.0. The molecule has 0 aliphatic rings. The van der Waals surface area contributed by atoms with Gasteiger partial charge < -0.3 is 5.11 Å². The summed E-state index contributed by atoms with van der Waals surface area (Å²) in [6, 6.07) is 0. The van der Waals surface area contributed by atoms with E-state index in [1.165, 1.54) is 167 Å². The topological polar surface area (TPSA) is 37.3 Å². The lowest BCUT2D eigenvalue weighted by Crippen LogP contribution is -1.97. The second kappa shape index (κ2) is 32.7. The van der Waals surface area contributed by atoms with Gasteiger partial charge in [0, 0.05) is 19.4 Å². The van der Waals surface area contributed by atoms with E-state index in [2.05, 4.69) is 6.92 Å². The third-order valence-corrected chi connectivity index (χ3v) is 7.92. The monoisotopic (exact) mass is 509 g/mol. The van der Waals surface area contributed by atoms with E-state index in [1.54, 1.807) is 0 Å². The van der Waals surface area contributed by atoms with Crippen LogP contribution in [0.4, 0.5) is 0 Å². The Labute approximate surface area is 228 Å². The van der Waals surface area contributed by atoms with Crippen LogP contribution in [0, 0.1) is 0 Å². The number of rotatable bonds is 32. The van der Waals surface area contributed by atoms with E-state index in [9.17, 15) is 4.79 Å². The Morgan fingerprint density at radius 2 is 0.583 bits per heavy atom. The molecule has 2 nitrogen and oxygen atoms in total. The number of hydrogen-bond donors (Lipinski definition) is 1. The van der Waals surface area contributed by atoms with E-state index >= 15 is 0 Å². The van der Waals surface area contributed by atoms with Crippen LogP contribution in [0.25, 0.3) is 0 Å². The molecule has 0 heterocycles. The quantitative estimate of drug-likeness (QED) is 0.0917. The summed E-state index contributed by atoms with van der Waals surface area (Å²) >= 11 is 0. The predicted octanol–water partition coefficient (Wildman–Crippen LogP) is 11.7. The number of carbonyl (C=O) groups excluding carboxylic acids is 1. The van der Waals surface area contributed by atoms with Crippen LogP contribution in [0.2, 0.25) is 0 Å². The summed E-state index contributed by atoms with van der Waals surface area (Å²) in [6.07, 6.45) is 40.6. The highest BCUT2D eigenvalue weighted by Gasteiger charge is 2.02. The molecule has 0 bridgehead atoms. The summed E-state index contributed by atoms with van der Waals surface area (Å²) < 4.78 is 0. The molecule has 0 saturated heterocycles. The molecule has 0 saturated carbocycles. The van der Waals surface area contributed by atoms with Gasteiger partial charge in [0.05, 0.1) is 0 Å². The van der Waals surface area contributed by atoms with Gasteiger partial charge in [0.1, 0.15) is 5.78 Å². The third kappa shape index (κ3) is 31.7. The van der Waals surface area contributed by atoms with Gasteiger partial charge in [-0.15, -0.1) is 0 Å². The molecule has 0 atom stereocenters. The van der Waals surface area contributed by atoms with Crippen LogP contribution in [0.3, 0.4) is 0 Å². The summed E-state index contributed by atoms with van der Waals surface area (Å²) in [5, 5.41) is 8.77. The molecule has 0 amide bonds. The Balaban J connectivity index is 3.13. The van der Waals surface area contributed by atoms with E-state index in [0.29, 0.717) is 12.4 Å². The van der Waals surface area contributed by atoms with E-state index < -0.39 is 0 Å². The molecular formula is C34H68O2. The van der Waals surface area contributed by atoms with E-state index in [1.807, 2.05) is 0 Å². The standard InChI is InChI=1S/C34H68O2/c1-2-3-4-5-6-7-8-9-10-11-12-13-16-19-22-25-28-31-34(36)32-29-26-23-20-17-14-15-18-21-24-27-30-33-35/h35H,2-33H2,1H3. The number of ketones is 1. The Kier molecular flexibility index (Phi) is 32.3. The van der Waals surface area contributed by atoms with E-state index in [0.717, 1.165) is 32.1 Å². The summed E-state index contributed by atoms with van der Waals surface area (Å²) in [4.78, 5) is 12.1. The van der Waals surface area contributed by atoms with Crippen molar-refractivity contribution < 1.29 is 9.90 Å². The highest BCUT2D eigenvalue weighted by molar-refractivity contribution is 5.78. The van der Waals surface area contributed by atoms with Crippen LogP contribution in [0.5, 0.6) is 0 Å². The molecule has 0 aromatic rings. The highest BCUT2D eigenvalue weighted by atomic mass is 16.2. The molecule has 0 spiro atoms. The normalized spacial score (nSPS) is 11.4. The maximum absolute atomic E-state index is 12.1. The van der Waals surface area contributed by atoms with Gasteiger partial charge in [0.15, 0.2) is 0 Å². The largest absolute Gasteiger partial charge is 0.396 e. The Bertz CT molecular complexity index is 406. The minimum Gasteiger partial charge on any atom is -0.396 e. The lowest BCUT2D eigenvalue weighted by Gasteiger charge is -2.04. The molecule has 0 aromatic heterocycles. The zero-order valence-electron chi connectivity index (χ0n) is 25.0. The van der Waals surface area contributed by atoms with Crippen LogP contribution in [0.15, 0.2) is 0 Å². The summed E-state index contributed by atoms with van der Waals surface area (Å²) in [6.45, 7) is 2.65. The van der Waals surface area contributed by atoms with Gasteiger partial charge in [-0.25, -0.2) is 0 Å². The Morgan fingerprint density at radius 1 is 0.361 bits per heavy atom. The number of aliphatic hydroxyl groups is 1. The van der Waals surface area contributed by atoms with Crippen molar-refractivity contribution in [3.8, 4) is 0 Å². The predicted molar refractivity (Wildman–Crippen MR) is 161 cm³/mol. The second-order valence-electron chi connectivity index (χ2n) is 11.7. The van der Waals surface area contributed by atoms with Crippen molar-refractivity contribution >= 4 is 5.78 Å². The fraction of sp³-hybridized carbons (Fsp3) is 0.971. The van der Waals surface area contributed by atoms with Crippen molar-refractivity contribution in [2.45, 2.75) is 206 Å². The summed E-state index contributed by atoms with van der Waals surface area (Å²) in [7, 11) is 0. The zero-order chi connectivity index (χ0) is 26.2. The second-order valence-corrected chi connectivity index (χ2v) is 11.7. The third-order valence-electron chi connectivity index (χ3n) is 7.92. The fourth-order valence-electron chi connectivity index (χ4n) is 5.37. The molecule has 1 N–H and O–H groups in total. The van der Waals surface area contributed by atoms with Crippen molar-refractivity contribution in [3.63, 3.8) is 0 Å². The van der Waals surface area contributed by atoms with Crippen LogP contribution in [0.1, 0.15) is 206 Å². The van der Waals surface area contributed by atoms with Crippen LogP contribution >= 0.6 is 0 Å². The summed E-state index contributed by atoms with van der Waals surface area (Å²) in [5.74, 6) is 0.511. The van der Waals surface area contributed by atoms with Gasteiger partial charge in [-0.1, -0.05) is 174 Å². The smallest absolute Gasteiger partial charge is 0.132 e. The van der Waals surface area contributed by atoms with Gasteiger partial charge in [-0.05, 0) is 19.3 Å². The number of hydrogen-bond acceptors (Lipinski definition) is 2. The highest BCUT2D eigenvalue weighted by Crippen LogP contribution is 2.16. The van der Waals surface area contributed by atoms with E-state index in [-0.39, 0.29) is 0 Å². The van der Waals surface area contributed by atoms with Crippen molar-refractivity contribution in [1.29, 1.82) is 0 Å². The minimum absolute atomic E-state index is 0.352. The first-order chi connectivity index (χ1) is 17.8. The fourth-order valence-corrected chi connectivity index (χ4v) is 5.37. The number of aliphatic hydroxyl groups excluding tert-OH is 1. The van der Waals surface area contributed by atoms with Gasteiger partial charge in [-0.3, -0.25) is 4.79 Å². The molecule has 0 unspecified atom stereocenters. The average Bonchev–Trinajstić information content (AvgIpc) is 2.88. The molecule has 216 valence electrons. The minimum atomic E-state index is 0.352. The van der Waals surface area contributed by atoms with Crippen LogP contribution in [-0.4, -0.2) is 17.5 Å². The van der Waals surface area contributed by atoms with Crippen molar-refractivity contribution in [2.24, 2.45) is 0 Å². The maximum Gasteiger partial charge on any atom is 0.132 e. The first kappa shape index (κ1) is 35.6. The first-order valence-electron chi connectivity index (χ1n) is 16.9. The molecule has 0 aromatic carbocycles. The average molecular weight is 509 g/mol. The number of unbranched alkanes of at least 4 members (excludes halogenated alkanes) is 27. The SMILES string of the molecule is CCCCCCCCCCCCCCCCCCCC(=O)CCCCCCCCCCCCCCO. The Morgan fingerprint density at radius 3 is 0.833 bits per heavy atom. The molecule has 2 heteroatoms. The van der Waals surface area contributed by atoms with Gasteiger partial charge >= 0.3 is 0 Å². The van der Waals surface area contributed by atoms with Crippen LogP contribution < -0.4 is 0 Å². The van der Waals surface area contributed by atoms with Crippen molar-refractivity contribution in [2.75, 3.05) is 6.61 Å². The maximum atomic E-state index is 12.1. The van der Waals surface area contributed by atoms with Gasteiger partial charge in [0.2, 0.25) is 0 Å². The van der Waals surface area contributed by atoms with Gasteiger partial charge in [-0.2, -0.15) is 0 Å². The summed E-state index contributed by atoms with van der Waals surface area (Å²) in [5.41, 5.74) is 0. The van der Waals surface area contributed by atoms with Crippen molar-refractivity contribution in [3.05, 3.63) is 0 Å². The molecule has 0 aliphatic heterocycles. The van der Waals surface area contributed by atoms with Crippen LogP contribution in [-0.2, 0) is 4.79 Å². The molecular weight excluding hydrogens is 440 g/mol. The molecule has 36 heavy (non-hydrogen) atoms. The first-order valence-corrected chi connectivity index (χ1v) is 16.9. The molecule has 0 rings (SSSR count). The zero-order valence-corrected chi connectivity index (χ0v) is 25.0.